The summed E-state index contributed by atoms with van der Waals surface area (Å²) in [5.74, 6) is 0.974. The highest BCUT2D eigenvalue weighted by Crippen LogP contribution is 2.35. The summed E-state index contributed by atoms with van der Waals surface area (Å²) in [6.07, 6.45) is 5.48. The fourth-order valence-corrected chi connectivity index (χ4v) is 3.34. The Morgan fingerprint density at radius 2 is 2.14 bits per heavy atom. The van der Waals surface area contributed by atoms with E-state index in [1.165, 1.54) is 28.8 Å². The maximum atomic E-state index is 5.52. The largest absolute Gasteiger partial charge is 0.496 e. The molecule has 0 amide bonds. The second-order valence-electron chi connectivity index (χ2n) is 5.85. The molecule has 1 heterocycles. The first kappa shape index (κ1) is 14.0. The first-order valence-corrected chi connectivity index (χ1v) is 7.53. The average molecular weight is 285 g/mol. The third-order valence-electron chi connectivity index (χ3n) is 4.51. The molecule has 0 radical (unpaired) electrons. The monoisotopic (exact) mass is 285 g/mol. The standard InChI is InChI=1S/C17H23N3O/c1-11-8-9-14(12(2)17(11)21-4)19-15-6-5-7-16-13(15)10-18-20(16)3/h8-10,15,19H,5-7H2,1-4H3. The number of anilines is 1. The van der Waals surface area contributed by atoms with Crippen molar-refractivity contribution in [2.45, 2.75) is 39.2 Å². The van der Waals surface area contributed by atoms with Crippen LogP contribution in [-0.2, 0) is 13.5 Å². The van der Waals surface area contributed by atoms with Gasteiger partial charge in [-0.05, 0) is 44.7 Å². The number of hydrogen-bond donors (Lipinski definition) is 1. The molecule has 1 aliphatic carbocycles. The first-order chi connectivity index (χ1) is 10.1. The molecule has 1 N–H and O–H groups in total. The lowest BCUT2D eigenvalue weighted by Gasteiger charge is -2.26. The Morgan fingerprint density at radius 1 is 1.33 bits per heavy atom. The summed E-state index contributed by atoms with van der Waals surface area (Å²) >= 11 is 0. The zero-order valence-electron chi connectivity index (χ0n) is 13.2. The minimum atomic E-state index is 0.341. The number of nitrogens with one attached hydrogen (secondary N) is 1. The van der Waals surface area contributed by atoms with Gasteiger partial charge in [-0.15, -0.1) is 0 Å². The quantitative estimate of drug-likeness (QED) is 0.937. The van der Waals surface area contributed by atoms with Crippen molar-refractivity contribution in [3.8, 4) is 5.75 Å². The van der Waals surface area contributed by atoms with Crippen LogP contribution in [0.3, 0.4) is 0 Å². The number of aryl methyl sites for hydroxylation is 2. The summed E-state index contributed by atoms with van der Waals surface area (Å²) in [6, 6.07) is 4.60. The van der Waals surface area contributed by atoms with Crippen LogP contribution >= 0.6 is 0 Å². The van der Waals surface area contributed by atoms with Crippen molar-refractivity contribution in [1.82, 2.24) is 9.78 Å². The maximum Gasteiger partial charge on any atom is 0.126 e. The van der Waals surface area contributed by atoms with Crippen LogP contribution in [0, 0.1) is 13.8 Å². The van der Waals surface area contributed by atoms with Gasteiger partial charge in [0.15, 0.2) is 0 Å². The minimum absolute atomic E-state index is 0.341. The van der Waals surface area contributed by atoms with Gasteiger partial charge in [0.2, 0.25) is 0 Å². The van der Waals surface area contributed by atoms with Crippen LogP contribution in [0.5, 0.6) is 5.75 Å². The van der Waals surface area contributed by atoms with Crippen molar-refractivity contribution in [1.29, 1.82) is 0 Å². The molecule has 0 bridgehead atoms. The Kier molecular flexibility index (Phi) is 3.62. The fourth-order valence-electron chi connectivity index (χ4n) is 3.34. The molecule has 1 unspecified atom stereocenters. The van der Waals surface area contributed by atoms with E-state index < -0.39 is 0 Å². The van der Waals surface area contributed by atoms with Gasteiger partial charge in [-0.1, -0.05) is 6.07 Å². The number of hydrogen-bond acceptors (Lipinski definition) is 3. The Morgan fingerprint density at radius 3 is 2.90 bits per heavy atom. The second-order valence-corrected chi connectivity index (χ2v) is 5.85. The van der Waals surface area contributed by atoms with E-state index in [0.29, 0.717) is 6.04 Å². The summed E-state index contributed by atoms with van der Waals surface area (Å²) in [7, 11) is 3.76. The van der Waals surface area contributed by atoms with Gasteiger partial charge in [0, 0.05) is 29.6 Å². The molecule has 0 saturated heterocycles. The van der Waals surface area contributed by atoms with E-state index >= 15 is 0 Å². The van der Waals surface area contributed by atoms with E-state index in [1.807, 2.05) is 17.9 Å². The molecule has 4 heteroatoms. The Balaban J connectivity index is 1.92. The Labute approximate surface area is 126 Å². The fraction of sp³-hybridized carbons (Fsp3) is 0.471. The topological polar surface area (TPSA) is 39.1 Å². The molecule has 0 spiro atoms. The van der Waals surface area contributed by atoms with Crippen molar-refractivity contribution in [3.05, 3.63) is 40.7 Å². The molecule has 1 aromatic carbocycles. The summed E-state index contributed by atoms with van der Waals surface area (Å²) in [4.78, 5) is 0. The minimum Gasteiger partial charge on any atom is -0.496 e. The van der Waals surface area contributed by atoms with Crippen molar-refractivity contribution in [2.24, 2.45) is 7.05 Å². The van der Waals surface area contributed by atoms with Crippen molar-refractivity contribution in [3.63, 3.8) is 0 Å². The van der Waals surface area contributed by atoms with E-state index in [0.717, 1.165) is 24.3 Å². The van der Waals surface area contributed by atoms with Gasteiger partial charge in [-0.25, -0.2) is 0 Å². The van der Waals surface area contributed by atoms with Crippen molar-refractivity contribution in [2.75, 3.05) is 12.4 Å². The highest BCUT2D eigenvalue weighted by atomic mass is 16.5. The molecular weight excluding hydrogens is 262 g/mol. The van der Waals surface area contributed by atoms with E-state index in [1.54, 1.807) is 7.11 Å². The summed E-state index contributed by atoms with van der Waals surface area (Å²) < 4.78 is 7.53. The van der Waals surface area contributed by atoms with E-state index in [2.05, 4.69) is 36.4 Å². The number of aromatic nitrogens is 2. The molecule has 3 rings (SSSR count). The Hall–Kier alpha value is -1.97. The highest BCUT2D eigenvalue weighted by molar-refractivity contribution is 5.60. The first-order valence-electron chi connectivity index (χ1n) is 7.53. The molecule has 1 atom stereocenters. The van der Waals surface area contributed by atoms with Crippen molar-refractivity contribution >= 4 is 5.69 Å². The van der Waals surface area contributed by atoms with Crippen LogP contribution in [0.25, 0.3) is 0 Å². The van der Waals surface area contributed by atoms with Gasteiger partial charge in [0.05, 0.1) is 19.3 Å². The van der Waals surface area contributed by atoms with Crippen LogP contribution in [0.4, 0.5) is 5.69 Å². The normalized spacial score (nSPS) is 17.4. The highest BCUT2D eigenvalue weighted by Gasteiger charge is 2.24. The number of methoxy groups -OCH3 is 1. The van der Waals surface area contributed by atoms with Crippen LogP contribution < -0.4 is 10.1 Å². The molecule has 0 fully saturated rings. The predicted octanol–water partition coefficient (Wildman–Crippen LogP) is 3.54. The number of benzene rings is 1. The van der Waals surface area contributed by atoms with Gasteiger partial charge in [0.1, 0.15) is 5.75 Å². The van der Waals surface area contributed by atoms with Crippen LogP contribution in [0.15, 0.2) is 18.3 Å². The summed E-state index contributed by atoms with van der Waals surface area (Å²) in [5, 5.41) is 8.10. The smallest absolute Gasteiger partial charge is 0.126 e. The molecule has 1 aromatic heterocycles. The van der Waals surface area contributed by atoms with Crippen LogP contribution in [-0.4, -0.2) is 16.9 Å². The predicted molar refractivity (Wildman–Crippen MR) is 85.0 cm³/mol. The number of fused-ring (bicyclic) bond motifs is 1. The molecule has 1 aliphatic rings. The molecule has 4 nitrogen and oxygen atoms in total. The molecular formula is C17H23N3O. The third-order valence-corrected chi connectivity index (χ3v) is 4.51. The van der Waals surface area contributed by atoms with Crippen LogP contribution in [0.2, 0.25) is 0 Å². The average Bonchev–Trinajstić information content (AvgIpc) is 2.85. The van der Waals surface area contributed by atoms with Gasteiger partial charge in [-0.3, -0.25) is 4.68 Å². The van der Waals surface area contributed by atoms with E-state index in [9.17, 15) is 0 Å². The molecule has 2 aromatic rings. The van der Waals surface area contributed by atoms with Gasteiger partial charge in [0.25, 0.3) is 0 Å². The van der Waals surface area contributed by atoms with E-state index in [4.69, 9.17) is 4.74 Å². The van der Waals surface area contributed by atoms with Gasteiger partial charge in [-0.2, -0.15) is 5.10 Å². The number of rotatable bonds is 3. The summed E-state index contributed by atoms with van der Waals surface area (Å²) in [6.45, 7) is 4.19. The zero-order valence-corrected chi connectivity index (χ0v) is 13.2. The SMILES string of the molecule is COc1c(C)ccc(NC2CCCc3c2cnn3C)c1C. The summed E-state index contributed by atoms with van der Waals surface area (Å²) in [5.41, 5.74) is 6.19. The molecule has 112 valence electrons. The third kappa shape index (κ3) is 2.39. The van der Waals surface area contributed by atoms with Crippen LogP contribution in [0.1, 0.15) is 41.3 Å². The lowest BCUT2D eigenvalue weighted by atomic mass is 9.92. The lowest BCUT2D eigenvalue weighted by molar-refractivity contribution is 0.408. The number of ether oxygens (including phenoxy) is 1. The number of nitrogens with zero attached hydrogens (tertiary/aromatic N) is 2. The molecule has 0 aliphatic heterocycles. The Bertz CT molecular complexity index is 660. The second kappa shape index (κ2) is 5.43. The maximum absolute atomic E-state index is 5.52. The van der Waals surface area contributed by atoms with E-state index in [-0.39, 0.29) is 0 Å². The lowest BCUT2D eigenvalue weighted by Crippen LogP contribution is -2.18. The van der Waals surface area contributed by atoms with Gasteiger partial charge >= 0.3 is 0 Å². The van der Waals surface area contributed by atoms with Gasteiger partial charge < -0.3 is 10.1 Å². The molecule has 21 heavy (non-hydrogen) atoms. The molecule has 0 saturated carbocycles. The zero-order chi connectivity index (χ0) is 15.0. The van der Waals surface area contributed by atoms with Crippen molar-refractivity contribution < 1.29 is 4.74 Å².